The highest BCUT2D eigenvalue weighted by Gasteiger charge is 2.20. The number of halogens is 1. The summed E-state index contributed by atoms with van der Waals surface area (Å²) in [6, 6.07) is 16.9. The average Bonchev–Trinajstić information content (AvgIpc) is 2.92. The molecule has 1 heterocycles. The average molecular weight is 353 g/mol. The molecule has 3 heteroatoms. The lowest BCUT2D eigenvalue weighted by molar-refractivity contribution is 0.833. The standard InChI is InChI=1S/C19H17BrN2/c20-14-9-10-17-16(11-14)15-7-4-8-18(19(15)22-17)21-12-13-5-2-1-3-6-13/h1-3,5-6,9-11,22H,4,7-8,12H2/b21-18+. The minimum atomic E-state index is 0.759. The molecule has 0 saturated carbocycles. The Labute approximate surface area is 138 Å². The van der Waals surface area contributed by atoms with E-state index in [1.165, 1.54) is 39.9 Å². The molecule has 0 aliphatic heterocycles. The third kappa shape index (κ3) is 2.50. The van der Waals surface area contributed by atoms with Gasteiger partial charge in [-0.1, -0.05) is 46.3 Å². The van der Waals surface area contributed by atoms with Gasteiger partial charge >= 0.3 is 0 Å². The maximum atomic E-state index is 4.89. The lowest BCUT2D eigenvalue weighted by atomic mass is 9.94. The van der Waals surface area contributed by atoms with Gasteiger partial charge in [0.2, 0.25) is 0 Å². The highest BCUT2D eigenvalue weighted by molar-refractivity contribution is 9.10. The molecular formula is C19H17BrN2. The molecule has 0 spiro atoms. The fraction of sp³-hybridized carbons (Fsp3) is 0.211. The second-order valence-electron chi connectivity index (χ2n) is 5.77. The number of aliphatic imine (C=N–C) groups is 1. The van der Waals surface area contributed by atoms with Crippen LogP contribution >= 0.6 is 15.9 Å². The van der Waals surface area contributed by atoms with Crippen molar-refractivity contribution in [1.82, 2.24) is 4.98 Å². The number of aromatic amines is 1. The summed E-state index contributed by atoms with van der Waals surface area (Å²) >= 11 is 3.58. The smallest absolute Gasteiger partial charge is 0.0643 e. The van der Waals surface area contributed by atoms with E-state index in [1.807, 2.05) is 6.07 Å². The van der Waals surface area contributed by atoms with E-state index >= 15 is 0 Å². The SMILES string of the molecule is Brc1ccc2[nH]c3c(c2c1)CCC/C3=N\Cc1ccccc1. The first-order valence-electron chi connectivity index (χ1n) is 7.69. The summed E-state index contributed by atoms with van der Waals surface area (Å²) in [6.07, 6.45) is 3.38. The van der Waals surface area contributed by atoms with Gasteiger partial charge in [-0.15, -0.1) is 0 Å². The molecule has 2 aromatic carbocycles. The van der Waals surface area contributed by atoms with E-state index in [-0.39, 0.29) is 0 Å². The minimum Gasteiger partial charge on any atom is -0.353 e. The van der Waals surface area contributed by atoms with Crippen molar-refractivity contribution in [3.8, 4) is 0 Å². The molecule has 2 nitrogen and oxygen atoms in total. The number of fused-ring (bicyclic) bond motifs is 3. The molecule has 3 aromatic rings. The van der Waals surface area contributed by atoms with Crippen molar-refractivity contribution in [1.29, 1.82) is 0 Å². The molecule has 0 fully saturated rings. The molecule has 0 amide bonds. The van der Waals surface area contributed by atoms with Crippen LogP contribution < -0.4 is 0 Å². The van der Waals surface area contributed by atoms with Gasteiger partial charge in [0.25, 0.3) is 0 Å². The molecule has 4 rings (SSSR count). The van der Waals surface area contributed by atoms with Crippen molar-refractivity contribution in [2.24, 2.45) is 4.99 Å². The van der Waals surface area contributed by atoms with Crippen molar-refractivity contribution < 1.29 is 0 Å². The van der Waals surface area contributed by atoms with Crippen LogP contribution in [0.3, 0.4) is 0 Å². The second kappa shape index (κ2) is 5.73. The number of benzene rings is 2. The zero-order chi connectivity index (χ0) is 14.9. The molecule has 1 N–H and O–H groups in total. The first kappa shape index (κ1) is 13.8. The van der Waals surface area contributed by atoms with Crippen LogP contribution in [0.2, 0.25) is 0 Å². The van der Waals surface area contributed by atoms with Crippen LogP contribution in [0.15, 0.2) is 58.0 Å². The Hall–Kier alpha value is -1.87. The summed E-state index contributed by atoms with van der Waals surface area (Å²) in [6.45, 7) is 0.759. The molecule has 0 unspecified atom stereocenters. The zero-order valence-electron chi connectivity index (χ0n) is 12.3. The summed E-state index contributed by atoms with van der Waals surface area (Å²) in [5.74, 6) is 0. The van der Waals surface area contributed by atoms with E-state index in [0.29, 0.717) is 0 Å². The molecule has 0 bridgehead atoms. The van der Waals surface area contributed by atoms with Gasteiger partial charge in [-0.25, -0.2) is 0 Å². The van der Waals surface area contributed by atoms with Crippen molar-refractivity contribution in [2.45, 2.75) is 25.8 Å². The number of nitrogens with zero attached hydrogens (tertiary/aromatic N) is 1. The van der Waals surface area contributed by atoms with E-state index < -0.39 is 0 Å². The Morgan fingerprint density at radius 2 is 1.91 bits per heavy atom. The van der Waals surface area contributed by atoms with Crippen LogP contribution in [0.5, 0.6) is 0 Å². The largest absolute Gasteiger partial charge is 0.353 e. The van der Waals surface area contributed by atoms with Gasteiger partial charge < -0.3 is 4.98 Å². The maximum absolute atomic E-state index is 4.89. The van der Waals surface area contributed by atoms with Gasteiger partial charge in [0.15, 0.2) is 0 Å². The predicted molar refractivity (Wildman–Crippen MR) is 95.6 cm³/mol. The third-order valence-corrected chi connectivity index (χ3v) is 4.79. The van der Waals surface area contributed by atoms with Crippen LogP contribution in [-0.2, 0) is 13.0 Å². The normalized spacial score (nSPS) is 16.1. The molecule has 0 radical (unpaired) electrons. The van der Waals surface area contributed by atoms with E-state index in [0.717, 1.165) is 23.9 Å². The van der Waals surface area contributed by atoms with Gasteiger partial charge in [0.1, 0.15) is 0 Å². The first-order chi connectivity index (χ1) is 10.8. The Morgan fingerprint density at radius 3 is 2.77 bits per heavy atom. The Morgan fingerprint density at radius 1 is 1.05 bits per heavy atom. The summed E-state index contributed by atoms with van der Waals surface area (Å²) in [5.41, 5.74) is 6.37. The van der Waals surface area contributed by atoms with Crippen LogP contribution in [0.1, 0.15) is 29.7 Å². The lowest BCUT2D eigenvalue weighted by Crippen LogP contribution is -2.11. The quantitative estimate of drug-likeness (QED) is 0.651. The molecule has 1 aromatic heterocycles. The number of aromatic nitrogens is 1. The third-order valence-electron chi connectivity index (χ3n) is 4.29. The number of H-pyrrole nitrogens is 1. The predicted octanol–water partition coefficient (Wildman–Crippen LogP) is 5.26. The van der Waals surface area contributed by atoms with E-state index in [9.17, 15) is 0 Å². The van der Waals surface area contributed by atoms with Crippen LogP contribution in [0.4, 0.5) is 0 Å². The molecular weight excluding hydrogens is 336 g/mol. The van der Waals surface area contributed by atoms with Crippen molar-refractivity contribution in [2.75, 3.05) is 0 Å². The Balaban J connectivity index is 1.74. The number of hydrogen-bond donors (Lipinski definition) is 1. The first-order valence-corrected chi connectivity index (χ1v) is 8.48. The van der Waals surface area contributed by atoms with Gasteiger partial charge in [0, 0.05) is 15.4 Å². The monoisotopic (exact) mass is 352 g/mol. The summed E-state index contributed by atoms with van der Waals surface area (Å²) in [4.78, 5) is 8.46. The van der Waals surface area contributed by atoms with E-state index in [1.54, 1.807) is 0 Å². The van der Waals surface area contributed by atoms with Gasteiger partial charge in [-0.2, -0.15) is 0 Å². The zero-order valence-corrected chi connectivity index (χ0v) is 13.9. The number of hydrogen-bond acceptors (Lipinski definition) is 1. The molecule has 0 saturated heterocycles. The summed E-state index contributed by atoms with van der Waals surface area (Å²) in [7, 11) is 0. The molecule has 22 heavy (non-hydrogen) atoms. The fourth-order valence-corrected chi connectivity index (χ4v) is 3.57. The summed E-state index contributed by atoms with van der Waals surface area (Å²) in [5, 5.41) is 1.33. The minimum absolute atomic E-state index is 0.759. The maximum Gasteiger partial charge on any atom is 0.0643 e. The van der Waals surface area contributed by atoms with E-state index in [4.69, 9.17) is 4.99 Å². The van der Waals surface area contributed by atoms with Crippen molar-refractivity contribution >= 4 is 32.5 Å². The fourth-order valence-electron chi connectivity index (χ4n) is 3.21. The molecule has 1 aliphatic rings. The number of rotatable bonds is 2. The van der Waals surface area contributed by atoms with Gasteiger partial charge in [-0.3, -0.25) is 4.99 Å². The Bertz CT molecular complexity index is 847. The molecule has 110 valence electrons. The highest BCUT2D eigenvalue weighted by atomic mass is 79.9. The van der Waals surface area contributed by atoms with Gasteiger partial charge in [0.05, 0.1) is 18.0 Å². The van der Waals surface area contributed by atoms with Gasteiger partial charge in [-0.05, 0) is 48.6 Å². The van der Waals surface area contributed by atoms with Crippen LogP contribution in [0, 0.1) is 0 Å². The number of nitrogens with one attached hydrogen (secondary N) is 1. The lowest BCUT2D eigenvalue weighted by Gasteiger charge is -2.14. The molecule has 1 aliphatic carbocycles. The number of aryl methyl sites for hydroxylation is 1. The summed E-state index contributed by atoms with van der Waals surface area (Å²) < 4.78 is 1.13. The Kier molecular flexibility index (Phi) is 3.59. The highest BCUT2D eigenvalue weighted by Crippen LogP contribution is 2.31. The van der Waals surface area contributed by atoms with E-state index in [2.05, 4.69) is 63.4 Å². The van der Waals surface area contributed by atoms with Crippen LogP contribution in [0.25, 0.3) is 10.9 Å². The van der Waals surface area contributed by atoms with Crippen LogP contribution in [-0.4, -0.2) is 10.7 Å². The molecule has 0 atom stereocenters. The van der Waals surface area contributed by atoms with Crippen molar-refractivity contribution in [3.63, 3.8) is 0 Å². The van der Waals surface area contributed by atoms with Crippen molar-refractivity contribution in [3.05, 3.63) is 69.8 Å². The topological polar surface area (TPSA) is 28.1 Å². The second-order valence-corrected chi connectivity index (χ2v) is 6.69.